The summed E-state index contributed by atoms with van der Waals surface area (Å²) in [5.74, 6) is 1.60. The molecule has 2 N–H and O–H groups in total. The molecule has 0 bridgehead atoms. The molecule has 1 aromatic heterocycles. The van der Waals surface area contributed by atoms with Crippen LogP contribution in [0.2, 0.25) is 0 Å². The van der Waals surface area contributed by atoms with E-state index in [1.165, 1.54) is 0 Å². The first-order valence-electron chi connectivity index (χ1n) is 8.66. The Kier molecular flexibility index (Phi) is 5.52. The average Bonchev–Trinajstić information content (AvgIpc) is 2.97. The van der Waals surface area contributed by atoms with Crippen LogP contribution < -0.4 is 10.6 Å². The van der Waals surface area contributed by atoms with Crippen molar-refractivity contribution in [1.29, 1.82) is 0 Å². The van der Waals surface area contributed by atoms with Crippen molar-refractivity contribution in [2.24, 2.45) is 0 Å². The lowest BCUT2D eigenvalue weighted by Crippen LogP contribution is -2.49. The van der Waals surface area contributed by atoms with Gasteiger partial charge in [-0.15, -0.1) is 0 Å². The number of carbonyl (C=O) groups excluding carboxylic acids is 1. The SMILES string of the molecule is CC(C)c1noc(CCCNC(=O)N[C@H]2CC(C)(C)OC2(C)C)n1. The molecular formula is C17H30N4O3. The van der Waals surface area contributed by atoms with Gasteiger partial charge in [0.2, 0.25) is 5.89 Å². The van der Waals surface area contributed by atoms with E-state index in [4.69, 9.17) is 9.26 Å². The van der Waals surface area contributed by atoms with Gasteiger partial charge >= 0.3 is 6.03 Å². The second-order valence-electron chi connectivity index (χ2n) is 7.93. The van der Waals surface area contributed by atoms with Crippen LogP contribution in [0, 0.1) is 0 Å². The third-order valence-electron chi connectivity index (χ3n) is 4.23. The second kappa shape index (κ2) is 7.09. The van der Waals surface area contributed by atoms with Crippen molar-refractivity contribution in [3.63, 3.8) is 0 Å². The number of amides is 2. The Morgan fingerprint density at radius 3 is 2.58 bits per heavy atom. The summed E-state index contributed by atoms with van der Waals surface area (Å²) >= 11 is 0. The molecule has 1 aromatic rings. The van der Waals surface area contributed by atoms with Crippen LogP contribution in [0.15, 0.2) is 4.52 Å². The van der Waals surface area contributed by atoms with E-state index in [2.05, 4.69) is 20.8 Å². The molecule has 24 heavy (non-hydrogen) atoms. The summed E-state index contributed by atoms with van der Waals surface area (Å²) in [5.41, 5.74) is -0.578. The van der Waals surface area contributed by atoms with Crippen LogP contribution in [-0.2, 0) is 11.2 Å². The summed E-state index contributed by atoms with van der Waals surface area (Å²) in [6.45, 7) is 12.7. The van der Waals surface area contributed by atoms with Crippen molar-refractivity contribution in [3.05, 3.63) is 11.7 Å². The lowest BCUT2D eigenvalue weighted by atomic mass is 9.95. The largest absolute Gasteiger partial charge is 0.367 e. The van der Waals surface area contributed by atoms with Crippen LogP contribution in [0.3, 0.4) is 0 Å². The van der Waals surface area contributed by atoms with Crippen molar-refractivity contribution in [2.45, 2.75) is 84.0 Å². The van der Waals surface area contributed by atoms with Crippen LogP contribution in [0.4, 0.5) is 4.79 Å². The Bertz CT molecular complexity index is 566. The van der Waals surface area contributed by atoms with E-state index < -0.39 is 0 Å². The molecule has 2 amide bonds. The van der Waals surface area contributed by atoms with E-state index in [1.807, 2.05) is 41.5 Å². The highest BCUT2D eigenvalue weighted by atomic mass is 16.5. The van der Waals surface area contributed by atoms with Gasteiger partial charge in [0.25, 0.3) is 0 Å². The predicted molar refractivity (Wildman–Crippen MR) is 90.9 cm³/mol. The summed E-state index contributed by atoms with van der Waals surface area (Å²) in [4.78, 5) is 16.4. The smallest absolute Gasteiger partial charge is 0.315 e. The number of aryl methyl sites for hydroxylation is 1. The van der Waals surface area contributed by atoms with Gasteiger partial charge in [-0.1, -0.05) is 19.0 Å². The molecule has 0 radical (unpaired) electrons. The fraction of sp³-hybridized carbons (Fsp3) is 0.824. The van der Waals surface area contributed by atoms with Crippen LogP contribution in [0.25, 0.3) is 0 Å². The summed E-state index contributed by atoms with van der Waals surface area (Å²) in [7, 11) is 0. The molecule has 0 unspecified atom stereocenters. The standard InChI is InChI=1S/C17H30N4O3/c1-11(2)14-20-13(23-21-14)8-7-9-18-15(22)19-12-10-16(3,4)24-17(12,5)6/h11-12H,7-10H2,1-6H3,(H2,18,19,22)/t12-/m0/s1. The first kappa shape index (κ1) is 18.7. The first-order chi connectivity index (χ1) is 11.1. The maximum Gasteiger partial charge on any atom is 0.315 e. The zero-order valence-electron chi connectivity index (χ0n) is 15.6. The molecular weight excluding hydrogens is 308 g/mol. The minimum Gasteiger partial charge on any atom is -0.367 e. The fourth-order valence-electron chi connectivity index (χ4n) is 3.04. The Balaban J connectivity index is 1.70. The summed E-state index contributed by atoms with van der Waals surface area (Å²) in [6, 6.07) is -0.167. The number of rotatable bonds is 6. The number of ether oxygens (including phenoxy) is 1. The minimum absolute atomic E-state index is 0.00274. The quantitative estimate of drug-likeness (QED) is 0.779. The van der Waals surface area contributed by atoms with E-state index in [9.17, 15) is 4.79 Å². The highest BCUT2D eigenvalue weighted by molar-refractivity contribution is 5.74. The number of aromatic nitrogens is 2. The monoisotopic (exact) mass is 338 g/mol. The molecule has 2 heterocycles. The number of nitrogens with one attached hydrogen (secondary N) is 2. The van der Waals surface area contributed by atoms with Crippen LogP contribution in [0.5, 0.6) is 0 Å². The lowest BCUT2D eigenvalue weighted by molar-refractivity contribution is -0.0690. The fourth-order valence-corrected chi connectivity index (χ4v) is 3.04. The third kappa shape index (κ3) is 4.93. The number of hydrogen-bond donors (Lipinski definition) is 2. The van der Waals surface area contributed by atoms with Crippen molar-refractivity contribution < 1.29 is 14.1 Å². The maximum atomic E-state index is 12.1. The predicted octanol–water partition coefficient (Wildman–Crippen LogP) is 2.77. The Morgan fingerprint density at radius 1 is 1.33 bits per heavy atom. The molecule has 0 aliphatic carbocycles. The molecule has 1 aliphatic rings. The topological polar surface area (TPSA) is 89.3 Å². The van der Waals surface area contributed by atoms with Gasteiger partial charge < -0.3 is 19.9 Å². The average molecular weight is 338 g/mol. The van der Waals surface area contributed by atoms with Gasteiger partial charge in [0.1, 0.15) is 0 Å². The van der Waals surface area contributed by atoms with E-state index >= 15 is 0 Å². The number of hydrogen-bond acceptors (Lipinski definition) is 5. The molecule has 1 aliphatic heterocycles. The van der Waals surface area contributed by atoms with E-state index in [0.29, 0.717) is 18.9 Å². The van der Waals surface area contributed by atoms with Crippen molar-refractivity contribution >= 4 is 6.03 Å². The first-order valence-corrected chi connectivity index (χ1v) is 8.66. The second-order valence-corrected chi connectivity index (χ2v) is 7.93. The van der Waals surface area contributed by atoms with Gasteiger partial charge in [0.15, 0.2) is 5.82 Å². The van der Waals surface area contributed by atoms with Gasteiger partial charge in [0, 0.05) is 18.9 Å². The molecule has 0 aromatic carbocycles. The molecule has 1 saturated heterocycles. The van der Waals surface area contributed by atoms with E-state index in [-0.39, 0.29) is 29.2 Å². The Labute approximate surface area is 143 Å². The zero-order chi connectivity index (χ0) is 18.0. The maximum absolute atomic E-state index is 12.1. The van der Waals surface area contributed by atoms with Crippen LogP contribution >= 0.6 is 0 Å². The van der Waals surface area contributed by atoms with Gasteiger partial charge in [0.05, 0.1) is 17.2 Å². The third-order valence-corrected chi connectivity index (χ3v) is 4.23. The Morgan fingerprint density at radius 2 is 2.04 bits per heavy atom. The molecule has 0 spiro atoms. The lowest BCUT2D eigenvalue weighted by Gasteiger charge is -2.27. The number of carbonyl (C=O) groups is 1. The van der Waals surface area contributed by atoms with Crippen LogP contribution in [-0.4, -0.2) is 40.0 Å². The zero-order valence-corrected chi connectivity index (χ0v) is 15.6. The molecule has 1 atom stereocenters. The molecule has 136 valence electrons. The molecule has 1 fully saturated rings. The van der Waals surface area contributed by atoms with Gasteiger partial charge in [-0.2, -0.15) is 4.98 Å². The van der Waals surface area contributed by atoms with Crippen molar-refractivity contribution in [1.82, 2.24) is 20.8 Å². The van der Waals surface area contributed by atoms with Gasteiger partial charge in [-0.3, -0.25) is 0 Å². The van der Waals surface area contributed by atoms with Gasteiger partial charge in [-0.25, -0.2) is 4.79 Å². The normalized spacial score (nSPS) is 21.9. The number of nitrogens with zero attached hydrogens (tertiary/aromatic N) is 2. The van der Waals surface area contributed by atoms with Crippen molar-refractivity contribution in [2.75, 3.05) is 6.54 Å². The van der Waals surface area contributed by atoms with E-state index in [0.717, 1.165) is 18.7 Å². The van der Waals surface area contributed by atoms with Crippen LogP contribution in [0.1, 0.15) is 72.0 Å². The van der Waals surface area contributed by atoms with Gasteiger partial charge in [-0.05, 0) is 40.5 Å². The highest BCUT2D eigenvalue weighted by Crippen LogP contribution is 2.37. The Hall–Kier alpha value is -1.63. The number of urea groups is 1. The molecule has 2 rings (SSSR count). The minimum atomic E-state index is -0.363. The molecule has 7 heteroatoms. The summed E-state index contributed by atoms with van der Waals surface area (Å²) in [6.07, 6.45) is 2.21. The summed E-state index contributed by atoms with van der Waals surface area (Å²) < 4.78 is 11.2. The summed E-state index contributed by atoms with van der Waals surface area (Å²) in [5, 5.41) is 9.82. The highest BCUT2D eigenvalue weighted by Gasteiger charge is 2.46. The molecule has 0 saturated carbocycles. The van der Waals surface area contributed by atoms with E-state index in [1.54, 1.807) is 0 Å². The van der Waals surface area contributed by atoms with Crippen molar-refractivity contribution in [3.8, 4) is 0 Å². The molecule has 7 nitrogen and oxygen atoms in total.